The van der Waals surface area contributed by atoms with E-state index < -0.39 is 11.7 Å². The molecule has 6 nitrogen and oxygen atoms in total. The van der Waals surface area contributed by atoms with Gasteiger partial charge in [-0.3, -0.25) is 0 Å². The molecule has 1 atom stereocenters. The fourth-order valence-corrected chi connectivity index (χ4v) is 3.51. The van der Waals surface area contributed by atoms with Gasteiger partial charge in [0.25, 0.3) is 0 Å². The average Bonchev–Trinajstić information content (AvgIpc) is 2.37. The number of nitrogens with zero attached hydrogens (tertiary/aromatic N) is 3. The van der Waals surface area contributed by atoms with Gasteiger partial charge in [0.15, 0.2) is 0 Å². The van der Waals surface area contributed by atoms with Crippen molar-refractivity contribution >= 4 is 39.4 Å². The minimum Gasteiger partial charge on any atom is -0.444 e. The number of amides is 1. The molecule has 1 aliphatic rings. The molecular weight excluding hydrogens is 396 g/mol. The molecule has 134 valence electrons. The molecule has 24 heavy (non-hydrogen) atoms. The van der Waals surface area contributed by atoms with Crippen molar-refractivity contribution in [2.45, 2.75) is 52.7 Å². The molecule has 1 saturated heterocycles. The van der Waals surface area contributed by atoms with Gasteiger partial charge in [-0.05, 0) is 60.1 Å². The third kappa shape index (κ3) is 5.48. The summed E-state index contributed by atoms with van der Waals surface area (Å²) in [6.45, 7) is 11.3. The minimum atomic E-state index is -0.517. The Bertz CT molecular complexity index is 619. The van der Waals surface area contributed by atoms with Crippen LogP contribution in [0, 0.1) is 5.41 Å². The molecule has 1 unspecified atom stereocenters. The number of rotatable bonds is 2. The zero-order chi connectivity index (χ0) is 18.1. The van der Waals surface area contributed by atoms with Crippen molar-refractivity contribution in [1.29, 1.82) is 0 Å². The highest BCUT2D eigenvalue weighted by Gasteiger charge is 2.35. The number of piperidine rings is 1. The first-order valence-electron chi connectivity index (χ1n) is 7.88. The van der Waals surface area contributed by atoms with Crippen LogP contribution in [0.2, 0.25) is 5.28 Å². The number of carbonyl (C=O) groups is 1. The number of hydrogen-bond donors (Lipinski definition) is 1. The molecule has 1 aromatic heterocycles. The minimum absolute atomic E-state index is 0.00873. The number of anilines is 1. The summed E-state index contributed by atoms with van der Waals surface area (Å²) in [6.07, 6.45) is 2.10. The van der Waals surface area contributed by atoms with Gasteiger partial charge in [-0.25, -0.2) is 9.78 Å². The molecular formula is C16H24BrClN4O2. The van der Waals surface area contributed by atoms with Crippen LogP contribution in [0.15, 0.2) is 10.7 Å². The van der Waals surface area contributed by atoms with E-state index in [0.29, 0.717) is 6.54 Å². The Morgan fingerprint density at radius 3 is 2.79 bits per heavy atom. The van der Waals surface area contributed by atoms with Crippen molar-refractivity contribution in [3.05, 3.63) is 16.0 Å². The standard InChI is InChI=1S/C16H24BrClN4O2/c1-15(2,3)24-14(23)20-10-6-16(4,5)9-22(8-10)12-11(17)7-19-13(18)21-12/h7,10H,6,8-9H2,1-5H3,(H,20,23). The Balaban J connectivity index is 2.15. The SMILES string of the molecule is CC1(C)CC(NC(=O)OC(C)(C)C)CN(c2nc(Cl)ncc2Br)C1. The lowest BCUT2D eigenvalue weighted by Crippen LogP contribution is -2.54. The summed E-state index contributed by atoms with van der Waals surface area (Å²) < 4.78 is 6.15. The molecule has 1 aromatic rings. The van der Waals surface area contributed by atoms with Crippen molar-refractivity contribution in [3.63, 3.8) is 0 Å². The van der Waals surface area contributed by atoms with Crippen LogP contribution in [0.1, 0.15) is 41.0 Å². The van der Waals surface area contributed by atoms with Gasteiger partial charge in [0.1, 0.15) is 11.4 Å². The zero-order valence-electron chi connectivity index (χ0n) is 14.7. The molecule has 2 heterocycles. The number of ether oxygens (including phenoxy) is 1. The van der Waals surface area contributed by atoms with Crippen LogP contribution in [-0.2, 0) is 4.74 Å². The van der Waals surface area contributed by atoms with Crippen LogP contribution in [-0.4, -0.2) is 40.8 Å². The monoisotopic (exact) mass is 418 g/mol. The maximum Gasteiger partial charge on any atom is 0.407 e. The number of nitrogens with one attached hydrogen (secondary N) is 1. The van der Waals surface area contributed by atoms with E-state index in [4.69, 9.17) is 16.3 Å². The lowest BCUT2D eigenvalue weighted by Gasteiger charge is -2.43. The highest BCUT2D eigenvalue weighted by molar-refractivity contribution is 9.10. The summed E-state index contributed by atoms with van der Waals surface area (Å²) in [5.41, 5.74) is -0.508. The molecule has 0 aromatic carbocycles. The Hall–Kier alpha value is -1.08. The molecule has 0 spiro atoms. The topological polar surface area (TPSA) is 67.3 Å². The van der Waals surface area contributed by atoms with Crippen molar-refractivity contribution in [1.82, 2.24) is 15.3 Å². The molecule has 0 aliphatic carbocycles. The summed E-state index contributed by atoms with van der Waals surface area (Å²) in [5, 5.41) is 3.17. The van der Waals surface area contributed by atoms with E-state index >= 15 is 0 Å². The lowest BCUT2D eigenvalue weighted by atomic mass is 9.81. The predicted octanol–water partition coefficient (Wildman–Crippen LogP) is 4.02. The molecule has 2 rings (SSSR count). The molecule has 1 fully saturated rings. The van der Waals surface area contributed by atoms with Gasteiger partial charge in [-0.1, -0.05) is 13.8 Å². The second-order valence-electron chi connectivity index (χ2n) is 7.90. The number of halogens is 2. The van der Waals surface area contributed by atoms with Crippen LogP contribution >= 0.6 is 27.5 Å². The Morgan fingerprint density at radius 1 is 1.50 bits per heavy atom. The highest BCUT2D eigenvalue weighted by atomic mass is 79.9. The van der Waals surface area contributed by atoms with Crippen molar-refractivity contribution in [3.8, 4) is 0 Å². The quantitative estimate of drug-likeness (QED) is 0.733. The van der Waals surface area contributed by atoms with Crippen LogP contribution < -0.4 is 10.2 Å². The molecule has 1 aliphatic heterocycles. The van der Waals surface area contributed by atoms with Crippen molar-refractivity contribution in [2.75, 3.05) is 18.0 Å². The van der Waals surface area contributed by atoms with Gasteiger partial charge in [-0.2, -0.15) is 4.98 Å². The van der Waals surface area contributed by atoms with E-state index in [2.05, 4.69) is 50.0 Å². The summed E-state index contributed by atoms with van der Waals surface area (Å²) in [5.74, 6) is 0.735. The van der Waals surface area contributed by atoms with Crippen LogP contribution in [0.25, 0.3) is 0 Å². The summed E-state index contributed by atoms with van der Waals surface area (Å²) in [4.78, 5) is 22.5. The second kappa shape index (κ2) is 7.04. The molecule has 8 heteroatoms. The van der Waals surface area contributed by atoms with Gasteiger partial charge >= 0.3 is 6.09 Å². The van der Waals surface area contributed by atoms with Gasteiger partial charge in [0, 0.05) is 19.3 Å². The summed E-state index contributed by atoms with van der Waals surface area (Å²) in [6, 6.07) is -0.0377. The molecule has 1 N–H and O–H groups in total. The average molecular weight is 420 g/mol. The first kappa shape index (κ1) is 19.2. The van der Waals surface area contributed by atoms with Crippen LogP contribution in [0.5, 0.6) is 0 Å². The van der Waals surface area contributed by atoms with E-state index in [-0.39, 0.29) is 16.7 Å². The first-order chi connectivity index (χ1) is 11.0. The largest absolute Gasteiger partial charge is 0.444 e. The van der Waals surface area contributed by atoms with E-state index in [0.717, 1.165) is 23.3 Å². The second-order valence-corrected chi connectivity index (χ2v) is 9.09. The van der Waals surface area contributed by atoms with E-state index in [1.165, 1.54) is 0 Å². The number of aromatic nitrogens is 2. The molecule has 0 radical (unpaired) electrons. The van der Waals surface area contributed by atoms with E-state index in [1.807, 2.05) is 20.8 Å². The Morgan fingerprint density at radius 2 is 2.17 bits per heavy atom. The number of alkyl carbamates (subject to hydrolysis) is 1. The van der Waals surface area contributed by atoms with Crippen molar-refractivity contribution in [2.24, 2.45) is 5.41 Å². The maximum atomic E-state index is 12.1. The van der Waals surface area contributed by atoms with Crippen LogP contribution in [0.4, 0.5) is 10.6 Å². The Kier molecular flexibility index (Phi) is 5.64. The van der Waals surface area contributed by atoms with Crippen LogP contribution in [0.3, 0.4) is 0 Å². The predicted molar refractivity (Wildman–Crippen MR) is 98.5 cm³/mol. The molecule has 0 saturated carbocycles. The van der Waals surface area contributed by atoms with Gasteiger partial charge in [-0.15, -0.1) is 0 Å². The lowest BCUT2D eigenvalue weighted by molar-refractivity contribution is 0.0484. The van der Waals surface area contributed by atoms with Crippen molar-refractivity contribution < 1.29 is 9.53 Å². The van der Waals surface area contributed by atoms with Gasteiger partial charge < -0.3 is 15.0 Å². The fourth-order valence-electron chi connectivity index (χ4n) is 2.93. The van der Waals surface area contributed by atoms with Gasteiger partial charge in [0.2, 0.25) is 5.28 Å². The summed E-state index contributed by atoms with van der Waals surface area (Å²) in [7, 11) is 0. The van der Waals surface area contributed by atoms with Gasteiger partial charge in [0.05, 0.1) is 10.5 Å². The molecule has 1 amide bonds. The third-order valence-corrected chi connectivity index (χ3v) is 4.32. The maximum absolute atomic E-state index is 12.1. The third-order valence-electron chi connectivity index (χ3n) is 3.58. The van der Waals surface area contributed by atoms with E-state index in [1.54, 1.807) is 6.20 Å². The highest BCUT2D eigenvalue weighted by Crippen LogP contribution is 2.34. The molecule has 0 bridgehead atoms. The number of hydrogen-bond acceptors (Lipinski definition) is 5. The Labute approximate surface area is 156 Å². The van der Waals surface area contributed by atoms with E-state index in [9.17, 15) is 4.79 Å². The number of carbonyl (C=O) groups excluding carboxylic acids is 1. The fraction of sp³-hybridized carbons (Fsp3) is 0.688. The normalized spacial score (nSPS) is 20.6. The smallest absolute Gasteiger partial charge is 0.407 e. The zero-order valence-corrected chi connectivity index (χ0v) is 17.0. The first-order valence-corrected chi connectivity index (χ1v) is 9.05. The summed E-state index contributed by atoms with van der Waals surface area (Å²) >= 11 is 9.42.